The van der Waals surface area contributed by atoms with Gasteiger partial charge in [0, 0.05) is 11.3 Å². The molecule has 1 aliphatic carbocycles. The summed E-state index contributed by atoms with van der Waals surface area (Å²) in [5.41, 5.74) is 1.97. The molecule has 1 aliphatic rings. The van der Waals surface area contributed by atoms with Crippen LogP contribution in [-0.2, 0) is 6.42 Å². The molecule has 122 valence electrons. The fourth-order valence-corrected chi connectivity index (χ4v) is 3.48. The summed E-state index contributed by atoms with van der Waals surface area (Å²) < 4.78 is 13.5. The third kappa shape index (κ3) is 4.14. The number of carbonyl (C=O) groups is 1. The van der Waals surface area contributed by atoms with Crippen LogP contribution in [-0.4, -0.2) is 35.3 Å². The molecular formula is C16H23FN2O2S. The van der Waals surface area contributed by atoms with E-state index in [0.29, 0.717) is 0 Å². The Labute approximate surface area is 134 Å². The van der Waals surface area contributed by atoms with E-state index in [1.165, 1.54) is 23.9 Å². The third-order valence-electron chi connectivity index (χ3n) is 4.13. The van der Waals surface area contributed by atoms with Gasteiger partial charge in [-0.3, -0.25) is 0 Å². The summed E-state index contributed by atoms with van der Waals surface area (Å²) in [6, 6.07) is 4.20. The molecule has 6 heteroatoms. The van der Waals surface area contributed by atoms with E-state index in [2.05, 4.69) is 10.6 Å². The van der Waals surface area contributed by atoms with Gasteiger partial charge in [-0.05, 0) is 55.7 Å². The minimum absolute atomic E-state index is 0.0140. The molecule has 2 amide bonds. The Morgan fingerprint density at radius 3 is 3.00 bits per heavy atom. The van der Waals surface area contributed by atoms with Crippen LogP contribution < -0.4 is 10.6 Å². The standard InChI is InChI=1S/C16H23FN2O2S/c1-10(15(9-20)22-2)18-16(21)19-14-5-3-4-11-6-7-12(17)8-13(11)14/h6-8,10,14-15,20H,3-5,9H2,1-2H3,(H2,18,19,21). The predicted octanol–water partition coefficient (Wildman–Crippen LogP) is 2.61. The highest BCUT2D eigenvalue weighted by Crippen LogP contribution is 2.30. The Hall–Kier alpha value is -1.27. The first-order chi connectivity index (χ1) is 10.5. The van der Waals surface area contributed by atoms with Crippen LogP contribution in [0.4, 0.5) is 9.18 Å². The second-order valence-electron chi connectivity index (χ2n) is 5.65. The smallest absolute Gasteiger partial charge is 0.315 e. The second kappa shape index (κ2) is 7.83. The van der Waals surface area contributed by atoms with E-state index in [1.807, 2.05) is 13.2 Å². The number of amides is 2. The first kappa shape index (κ1) is 17.1. The molecule has 0 aliphatic heterocycles. The van der Waals surface area contributed by atoms with Gasteiger partial charge in [0.1, 0.15) is 5.82 Å². The van der Waals surface area contributed by atoms with Crippen molar-refractivity contribution in [1.82, 2.24) is 10.6 Å². The van der Waals surface area contributed by atoms with Crippen molar-refractivity contribution < 1.29 is 14.3 Å². The molecular weight excluding hydrogens is 303 g/mol. The number of thioether (sulfide) groups is 1. The molecule has 1 aromatic rings. The number of carbonyl (C=O) groups excluding carboxylic acids is 1. The number of urea groups is 1. The largest absolute Gasteiger partial charge is 0.395 e. The molecule has 22 heavy (non-hydrogen) atoms. The van der Waals surface area contributed by atoms with Gasteiger partial charge < -0.3 is 15.7 Å². The van der Waals surface area contributed by atoms with Crippen LogP contribution in [0.3, 0.4) is 0 Å². The van der Waals surface area contributed by atoms with Crippen molar-refractivity contribution in [2.75, 3.05) is 12.9 Å². The molecule has 0 fully saturated rings. The highest BCUT2D eigenvalue weighted by Gasteiger charge is 2.24. The van der Waals surface area contributed by atoms with Crippen LogP contribution in [0.2, 0.25) is 0 Å². The second-order valence-corrected chi connectivity index (χ2v) is 6.73. The van der Waals surface area contributed by atoms with Crippen molar-refractivity contribution >= 4 is 17.8 Å². The summed E-state index contributed by atoms with van der Waals surface area (Å²) in [6.07, 6.45) is 4.61. The lowest BCUT2D eigenvalue weighted by atomic mass is 9.87. The molecule has 4 nitrogen and oxygen atoms in total. The molecule has 0 aromatic heterocycles. The first-order valence-electron chi connectivity index (χ1n) is 7.54. The lowest BCUT2D eigenvalue weighted by molar-refractivity contribution is 0.227. The number of aliphatic hydroxyl groups is 1. The number of hydrogen-bond acceptors (Lipinski definition) is 3. The maximum Gasteiger partial charge on any atom is 0.315 e. The number of halogens is 1. The Kier molecular flexibility index (Phi) is 6.08. The fraction of sp³-hybridized carbons (Fsp3) is 0.562. The lowest BCUT2D eigenvalue weighted by Crippen LogP contribution is -2.47. The Morgan fingerprint density at radius 1 is 1.55 bits per heavy atom. The number of fused-ring (bicyclic) bond motifs is 1. The minimum atomic E-state index is -0.276. The highest BCUT2D eigenvalue weighted by molar-refractivity contribution is 7.99. The molecule has 0 spiro atoms. The van der Waals surface area contributed by atoms with E-state index in [1.54, 1.807) is 6.07 Å². The van der Waals surface area contributed by atoms with Crippen molar-refractivity contribution in [2.45, 2.75) is 43.5 Å². The molecule has 0 heterocycles. The van der Waals surface area contributed by atoms with Crippen molar-refractivity contribution in [2.24, 2.45) is 0 Å². The number of aliphatic hydroxyl groups excluding tert-OH is 1. The molecule has 0 saturated heterocycles. The molecule has 0 radical (unpaired) electrons. The van der Waals surface area contributed by atoms with Crippen molar-refractivity contribution in [3.63, 3.8) is 0 Å². The maximum atomic E-state index is 13.5. The van der Waals surface area contributed by atoms with E-state index in [0.717, 1.165) is 30.4 Å². The van der Waals surface area contributed by atoms with Crippen LogP contribution >= 0.6 is 11.8 Å². The summed E-state index contributed by atoms with van der Waals surface area (Å²) >= 11 is 1.51. The van der Waals surface area contributed by atoms with Crippen molar-refractivity contribution in [1.29, 1.82) is 0 Å². The quantitative estimate of drug-likeness (QED) is 0.779. The van der Waals surface area contributed by atoms with Crippen LogP contribution in [0.5, 0.6) is 0 Å². The molecule has 2 rings (SSSR count). The van der Waals surface area contributed by atoms with Gasteiger partial charge in [0.15, 0.2) is 0 Å². The average molecular weight is 326 g/mol. The molecule has 0 saturated carbocycles. The zero-order valence-corrected chi connectivity index (χ0v) is 13.8. The van der Waals surface area contributed by atoms with E-state index >= 15 is 0 Å². The topological polar surface area (TPSA) is 61.4 Å². The van der Waals surface area contributed by atoms with Crippen molar-refractivity contribution in [3.05, 3.63) is 35.1 Å². The van der Waals surface area contributed by atoms with Gasteiger partial charge in [0.05, 0.1) is 12.6 Å². The summed E-state index contributed by atoms with van der Waals surface area (Å²) in [5, 5.41) is 15.0. The summed E-state index contributed by atoms with van der Waals surface area (Å²) in [6.45, 7) is 1.88. The molecule has 3 unspecified atom stereocenters. The molecule has 3 atom stereocenters. The van der Waals surface area contributed by atoms with Gasteiger partial charge in [-0.2, -0.15) is 11.8 Å². The lowest BCUT2D eigenvalue weighted by Gasteiger charge is -2.28. The predicted molar refractivity (Wildman–Crippen MR) is 87.6 cm³/mol. The third-order valence-corrected chi connectivity index (χ3v) is 5.29. The van der Waals surface area contributed by atoms with Crippen LogP contribution in [0.25, 0.3) is 0 Å². The number of nitrogens with one attached hydrogen (secondary N) is 2. The van der Waals surface area contributed by atoms with Gasteiger partial charge in [0.2, 0.25) is 0 Å². The van der Waals surface area contributed by atoms with E-state index in [4.69, 9.17) is 0 Å². The average Bonchev–Trinajstić information content (AvgIpc) is 2.49. The van der Waals surface area contributed by atoms with Gasteiger partial charge in [-0.15, -0.1) is 0 Å². The minimum Gasteiger partial charge on any atom is -0.395 e. The normalized spacial score (nSPS) is 19.9. The van der Waals surface area contributed by atoms with Gasteiger partial charge >= 0.3 is 6.03 Å². The number of aryl methyl sites for hydroxylation is 1. The van der Waals surface area contributed by atoms with E-state index < -0.39 is 0 Å². The monoisotopic (exact) mass is 326 g/mol. The summed E-state index contributed by atoms with van der Waals surface area (Å²) in [5.74, 6) is -0.274. The Morgan fingerprint density at radius 2 is 2.32 bits per heavy atom. The molecule has 3 N–H and O–H groups in total. The number of benzene rings is 1. The summed E-state index contributed by atoms with van der Waals surface area (Å²) in [4.78, 5) is 12.1. The zero-order chi connectivity index (χ0) is 16.1. The number of rotatable bonds is 5. The zero-order valence-electron chi connectivity index (χ0n) is 12.9. The molecule has 0 bridgehead atoms. The van der Waals surface area contributed by atoms with Gasteiger partial charge in [-0.25, -0.2) is 9.18 Å². The van der Waals surface area contributed by atoms with Crippen LogP contribution in [0, 0.1) is 5.82 Å². The summed E-state index contributed by atoms with van der Waals surface area (Å²) in [7, 11) is 0. The van der Waals surface area contributed by atoms with E-state index in [-0.39, 0.29) is 35.8 Å². The first-order valence-corrected chi connectivity index (χ1v) is 8.83. The SMILES string of the molecule is CSC(CO)C(C)NC(=O)NC1CCCc2ccc(F)cc21. The van der Waals surface area contributed by atoms with Crippen LogP contribution in [0.15, 0.2) is 18.2 Å². The highest BCUT2D eigenvalue weighted by atomic mass is 32.2. The Balaban J connectivity index is 2.00. The maximum absolute atomic E-state index is 13.5. The van der Waals surface area contributed by atoms with E-state index in [9.17, 15) is 14.3 Å². The van der Waals surface area contributed by atoms with Gasteiger partial charge in [0.25, 0.3) is 0 Å². The fourth-order valence-electron chi connectivity index (χ4n) is 2.86. The van der Waals surface area contributed by atoms with Gasteiger partial charge in [-0.1, -0.05) is 6.07 Å². The van der Waals surface area contributed by atoms with Crippen molar-refractivity contribution in [3.8, 4) is 0 Å². The Bertz CT molecular complexity index is 523. The molecule has 1 aromatic carbocycles. The van der Waals surface area contributed by atoms with Crippen LogP contribution in [0.1, 0.15) is 36.9 Å². The number of hydrogen-bond donors (Lipinski definition) is 3.